The van der Waals surface area contributed by atoms with Gasteiger partial charge in [-0.25, -0.2) is 0 Å². The van der Waals surface area contributed by atoms with Crippen LogP contribution in [0.3, 0.4) is 0 Å². The lowest BCUT2D eigenvalue weighted by Crippen LogP contribution is -2.40. The second-order valence-corrected chi connectivity index (χ2v) is 5.13. The summed E-state index contributed by atoms with van der Waals surface area (Å²) in [6, 6.07) is 9.29. The molecule has 0 radical (unpaired) electrons. The Morgan fingerprint density at radius 1 is 1.18 bits per heavy atom. The zero-order chi connectivity index (χ0) is 15.6. The number of hydrogen-bond donors (Lipinski definition) is 2. The molecular formula is C16H22N2O4. The predicted molar refractivity (Wildman–Crippen MR) is 81.5 cm³/mol. The van der Waals surface area contributed by atoms with Gasteiger partial charge in [0.2, 0.25) is 11.8 Å². The molecule has 1 unspecified atom stereocenters. The van der Waals surface area contributed by atoms with Gasteiger partial charge in [-0.2, -0.15) is 0 Å². The number of nitrogens with one attached hydrogen (secondary N) is 2. The van der Waals surface area contributed by atoms with Gasteiger partial charge in [0, 0.05) is 13.2 Å². The highest BCUT2D eigenvalue weighted by Crippen LogP contribution is 2.10. The Hall–Kier alpha value is -2.08. The van der Waals surface area contributed by atoms with Gasteiger partial charge in [-0.05, 0) is 25.0 Å². The molecule has 0 aliphatic carbocycles. The summed E-state index contributed by atoms with van der Waals surface area (Å²) in [6.45, 7) is 1.54. The van der Waals surface area contributed by atoms with Crippen molar-refractivity contribution in [2.45, 2.75) is 25.4 Å². The third-order valence-electron chi connectivity index (χ3n) is 3.34. The molecule has 1 aliphatic heterocycles. The van der Waals surface area contributed by atoms with E-state index in [0.717, 1.165) is 25.2 Å². The van der Waals surface area contributed by atoms with Crippen molar-refractivity contribution in [1.29, 1.82) is 0 Å². The van der Waals surface area contributed by atoms with Crippen LogP contribution in [0.4, 0.5) is 0 Å². The van der Waals surface area contributed by atoms with Crippen molar-refractivity contribution >= 4 is 11.8 Å². The summed E-state index contributed by atoms with van der Waals surface area (Å²) < 4.78 is 10.8. The maximum Gasteiger partial charge on any atom is 0.239 e. The highest BCUT2D eigenvalue weighted by Gasteiger charge is 2.16. The molecule has 22 heavy (non-hydrogen) atoms. The molecule has 2 N–H and O–H groups in total. The molecular weight excluding hydrogens is 284 g/mol. The minimum atomic E-state index is -0.205. The molecule has 120 valence electrons. The van der Waals surface area contributed by atoms with Gasteiger partial charge in [-0.1, -0.05) is 18.2 Å². The first kappa shape index (κ1) is 16.3. The monoisotopic (exact) mass is 306 g/mol. The number of carbonyl (C=O) groups excluding carboxylic acids is 2. The highest BCUT2D eigenvalue weighted by atomic mass is 16.5. The van der Waals surface area contributed by atoms with Gasteiger partial charge in [0.25, 0.3) is 0 Å². The van der Waals surface area contributed by atoms with Gasteiger partial charge >= 0.3 is 0 Å². The van der Waals surface area contributed by atoms with E-state index < -0.39 is 0 Å². The normalized spacial score (nSPS) is 17.0. The minimum absolute atomic E-state index is 0.0170. The average Bonchev–Trinajstić information content (AvgIpc) is 3.05. The van der Waals surface area contributed by atoms with Crippen molar-refractivity contribution < 1.29 is 19.1 Å². The fraction of sp³-hybridized carbons (Fsp3) is 0.500. The number of rotatable bonds is 8. The maximum absolute atomic E-state index is 11.6. The van der Waals surface area contributed by atoms with E-state index in [9.17, 15) is 9.59 Å². The standard InChI is InChI=1S/C16H22N2O4/c19-15(8-10-22-13-5-2-1-3-6-13)18-12-16(20)17-11-14-7-4-9-21-14/h1-3,5-6,14H,4,7-12H2,(H,17,20)(H,18,19). The van der Waals surface area contributed by atoms with Crippen LogP contribution in [-0.4, -0.2) is 44.2 Å². The van der Waals surface area contributed by atoms with Crippen LogP contribution in [0.15, 0.2) is 30.3 Å². The topological polar surface area (TPSA) is 76.7 Å². The third kappa shape index (κ3) is 6.13. The summed E-state index contributed by atoms with van der Waals surface area (Å²) in [5.41, 5.74) is 0. The molecule has 1 aliphatic rings. The summed E-state index contributed by atoms with van der Waals surface area (Å²) >= 11 is 0. The van der Waals surface area contributed by atoms with Crippen LogP contribution in [0, 0.1) is 0 Å². The average molecular weight is 306 g/mol. The summed E-state index contributed by atoms with van der Waals surface area (Å²) in [5.74, 6) is 0.320. The van der Waals surface area contributed by atoms with E-state index in [1.165, 1.54) is 0 Å². The first-order valence-corrected chi connectivity index (χ1v) is 7.57. The molecule has 0 aromatic heterocycles. The summed E-state index contributed by atoms with van der Waals surface area (Å²) in [4.78, 5) is 23.2. The number of para-hydroxylation sites is 1. The number of benzene rings is 1. The lowest BCUT2D eigenvalue weighted by Gasteiger charge is -2.11. The van der Waals surface area contributed by atoms with E-state index in [2.05, 4.69) is 10.6 Å². The molecule has 0 bridgehead atoms. The highest BCUT2D eigenvalue weighted by molar-refractivity contribution is 5.84. The van der Waals surface area contributed by atoms with Crippen molar-refractivity contribution in [3.05, 3.63) is 30.3 Å². The summed E-state index contributed by atoms with van der Waals surface area (Å²) in [7, 11) is 0. The Kier molecular flexibility index (Phi) is 6.70. The predicted octanol–water partition coefficient (Wildman–Crippen LogP) is 0.867. The minimum Gasteiger partial charge on any atom is -0.493 e. The largest absolute Gasteiger partial charge is 0.493 e. The molecule has 0 spiro atoms. The van der Waals surface area contributed by atoms with Crippen molar-refractivity contribution in [2.75, 3.05) is 26.3 Å². The van der Waals surface area contributed by atoms with Crippen molar-refractivity contribution in [2.24, 2.45) is 0 Å². The SMILES string of the molecule is O=C(CCOc1ccccc1)NCC(=O)NCC1CCCO1. The van der Waals surface area contributed by atoms with Gasteiger partial charge < -0.3 is 20.1 Å². The Morgan fingerprint density at radius 2 is 2.00 bits per heavy atom. The lowest BCUT2D eigenvalue weighted by molar-refractivity contribution is -0.126. The van der Waals surface area contributed by atoms with Gasteiger partial charge in [0.1, 0.15) is 5.75 Å². The van der Waals surface area contributed by atoms with Crippen molar-refractivity contribution in [3.8, 4) is 5.75 Å². The third-order valence-corrected chi connectivity index (χ3v) is 3.34. The molecule has 2 amide bonds. The number of amides is 2. The second kappa shape index (κ2) is 9.04. The fourth-order valence-corrected chi connectivity index (χ4v) is 2.14. The van der Waals surface area contributed by atoms with Crippen molar-refractivity contribution in [1.82, 2.24) is 10.6 Å². The van der Waals surface area contributed by atoms with Crippen LogP contribution in [-0.2, 0) is 14.3 Å². The lowest BCUT2D eigenvalue weighted by atomic mass is 10.2. The van der Waals surface area contributed by atoms with Gasteiger partial charge in [-0.15, -0.1) is 0 Å². The molecule has 1 aromatic rings. The fourth-order valence-electron chi connectivity index (χ4n) is 2.14. The number of hydrogen-bond acceptors (Lipinski definition) is 4. The molecule has 6 heteroatoms. The van der Waals surface area contributed by atoms with Crippen LogP contribution >= 0.6 is 0 Å². The number of ether oxygens (including phenoxy) is 2. The van der Waals surface area contributed by atoms with E-state index in [-0.39, 0.29) is 37.5 Å². The van der Waals surface area contributed by atoms with Gasteiger partial charge in [-0.3, -0.25) is 9.59 Å². The molecule has 6 nitrogen and oxygen atoms in total. The Morgan fingerprint density at radius 3 is 2.73 bits per heavy atom. The Labute approximate surface area is 130 Å². The molecule has 2 rings (SSSR count). The van der Waals surface area contributed by atoms with Crippen LogP contribution in [0.25, 0.3) is 0 Å². The molecule has 1 saturated heterocycles. The summed E-state index contributed by atoms with van der Waals surface area (Å²) in [5, 5.41) is 5.32. The van der Waals surface area contributed by atoms with Crippen LogP contribution in [0.1, 0.15) is 19.3 Å². The molecule has 0 saturated carbocycles. The Balaban J connectivity index is 1.52. The van der Waals surface area contributed by atoms with E-state index in [1.54, 1.807) is 0 Å². The first-order chi connectivity index (χ1) is 10.7. The van der Waals surface area contributed by atoms with Crippen LogP contribution in [0.5, 0.6) is 5.75 Å². The smallest absolute Gasteiger partial charge is 0.239 e. The zero-order valence-corrected chi connectivity index (χ0v) is 12.5. The quantitative estimate of drug-likeness (QED) is 0.747. The zero-order valence-electron chi connectivity index (χ0n) is 12.5. The van der Waals surface area contributed by atoms with Gasteiger partial charge in [0.05, 0.1) is 25.7 Å². The van der Waals surface area contributed by atoms with Crippen LogP contribution < -0.4 is 15.4 Å². The Bertz CT molecular complexity index is 472. The molecule has 1 aromatic carbocycles. The molecule has 1 atom stereocenters. The van der Waals surface area contributed by atoms with E-state index in [4.69, 9.17) is 9.47 Å². The number of carbonyl (C=O) groups is 2. The maximum atomic E-state index is 11.6. The second-order valence-electron chi connectivity index (χ2n) is 5.13. The first-order valence-electron chi connectivity index (χ1n) is 7.57. The van der Waals surface area contributed by atoms with Crippen LogP contribution in [0.2, 0.25) is 0 Å². The molecule has 1 fully saturated rings. The van der Waals surface area contributed by atoms with E-state index >= 15 is 0 Å². The summed E-state index contributed by atoms with van der Waals surface area (Å²) in [6.07, 6.45) is 2.34. The van der Waals surface area contributed by atoms with Crippen molar-refractivity contribution in [3.63, 3.8) is 0 Å². The van der Waals surface area contributed by atoms with Gasteiger partial charge in [0.15, 0.2) is 0 Å². The van der Waals surface area contributed by atoms with E-state index in [0.29, 0.717) is 6.54 Å². The molecule has 1 heterocycles. The van der Waals surface area contributed by atoms with E-state index in [1.807, 2.05) is 30.3 Å².